The zero-order valence-corrected chi connectivity index (χ0v) is 9.41. The van der Waals surface area contributed by atoms with E-state index in [-0.39, 0.29) is 0 Å². The highest BCUT2D eigenvalue weighted by molar-refractivity contribution is 4.98. The zero-order valence-electron chi connectivity index (χ0n) is 9.41. The monoisotopic (exact) mass is 208 g/mol. The van der Waals surface area contributed by atoms with Crippen LogP contribution in [0.3, 0.4) is 0 Å². The van der Waals surface area contributed by atoms with E-state index in [1.807, 2.05) is 6.07 Å². The van der Waals surface area contributed by atoms with E-state index in [1.165, 1.54) is 12.8 Å². The highest BCUT2D eigenvalue weighted by atomic mass is 16.3. The van der Waals surface area contributed by atoms with Gasteiger partial charge in [0.2, 0.25) is 0 Å². The molecule has 0 radical (unpaired) electrons. The average molecular weight is 208 g/mol. The predicted octanol–water partition coefficient (Wildman–Crippen LogP) is 1.85. The molecule has 0 aromatic carbocycles. The van der Waals surface area contributed by atoms with Crippen molar-refractivity contribution in [3.05, 3.63) is 24.2 Å². The molecule has 3 heteroatoms. The Labute approximate surface area is 91.4 Å². The quantitative estimate of drug-likeness (QED) is 0.818. The normalized spacial score (nSPS) is 18.5. The van der Waals surface area contributed by atoms with Gasteiger partial charge in [0.25, 0.3) is 0 Å². The summed E-state index contributed by atoms with van der Waals surface area (Å²) in [7, 11) is 0. The number of furan rings is 1. The van der Waals surface area contributed by atoms with Crippen molar-refractivity contribution >= 4 is 0 Å². The molecule has 1 saturated heterocycles. The first-order chi connectivity index (χ1) is 7.40. The Hall–Kier alpha value is -0.800. The summed E-state index contributed by atoms with van der Waals surface area (Å²) in [6, 6.07) is 4.75. The van der Waals surface area contributed by atoms with Crippen molar-refractivity contribution in [1.82, 2.24) is 10.2 Å². The van der Waals surface area contributed by atoms with Crippen LogP contribution in [0.1, 0.15) is 25.5 Å². The van der Waals surface area contributed by atoms with Gasteiger partial charge >= 0.3 is 0 Å². The van der Waals surface area contributed by atoms with E-state index in [9.17, 15) is 0 Å². The minimum Gasteiger partial charge on any atom is -0.468 e. The maximum Gasteiger partial charge on any atom is 0.117 e. The molecule has 1 aliphatic heterocycles. The molecule has 2 heterocycles. The molecule has 3 nitrogen and oxygen atoms in total. The van der Waals surface area contributed by atoms with Crippen molar-refractivity contribution in [3.63, 3.8) is 0 Å². The molecule has 1 aromatic heterocycles. The number of nitrogens with one attached hydrogen (secondary N) is 1. The maximum atomic E-state index is 5.40. The lowest BCUT2D eigenvalue weighted by Gasteiger charge is -2.33. The third kappa shape index (κ3) is 2.83. The number of nitrogens with zero attached hydrogens (tertiary/aromatic N) is 1. The van der Waals surface area contributed by atoms with Crippen LogP contribution in [-0.4, -0.2) is 30.6 Å². The van der Waals surface area contributed by atoms with Crippen molar-refractivity contribution in [2.45, 2.75) is 32.4 Å². The van der Waals surface area contributed by atoms with Gasteiger partial charge in [0.15, 0.2) is 0 Å². The van der Waals surface area contributed by atoms with Gasteiger partial charge < -0.3 is 9.73 Å². The molecule has 1 fully saturated rings. The number of hydrogen-bond acceptors (Lipinski definition) is 3. The first kappa shape index (κ1) is 10.7. The van der Waals surface area contributed by atoms with E-state index in [0.717, 1.165) is 38.0 Å². The van der Waals surface area contributed by atoms with Crippen LogP contribution in [0.25, 0.3) is 0 Å². The minimum atomic E-state index is 0.723. The summed E-state index contributed by atoms with van der Waals surface area (Å²) in [5, 5.41) is 3.40. The van der Waals surface area contributed by atoms with Gasteiger partial charge in [-0.3, -0.25) is 4.90 Å². The minimum absolute atomic E-state index is 0.723. The number of hydrogen-bond donors (Lipinski definition) is 1. The molecule has 2 rings (SSSR count). The number of rotatable bonds is 4. The second-order valence-electron chi connectivity index (χ2n) is 4.12. The Balaban J connectivity index is 1.91. The van der Waals surface area contributed by atoms with E-state index >= 15 is 0 Å². The molecule has 0 saturated carbocycles. The molecule has 0 atom stereocenters. The summed E-state index contributed by atoms with van der Waals surface area (Å²) in [5.74, 6) is 1.08. The number of piperidine rings is 1. The molecule has 1 N–H and O–H groups in total. The smallest absolute Gasteiger partial charge is 0.117 e. The van der Waals surface area contributed by atoms with Crippen LogP contribution >= 0.6 is 0 Å². The van der Waals surface area contributed by atoms with Gasteiger partial charge in [0.05, 0.1) is 12.8 Å². The SMILES string of the molecule is CCN(Cc1ccco1)C1CCNCC1. The largest absolute Gasteiger partial charge is 0.468 e. The third-order valence-corrected chi connectivity index (χ3v) is 3.17. The van der Waals surface area contributed by atoms with Crippen LogP contribution in [0.5, 0.6) is 0 Å². The third-order valence-electron chi connectivity index (χ3n) is 3.17. The highest BCUT2D eigenvalue weighted by Gasteiger charge is 2.20. The molecular formula is C12H20N2O. The fourth-order valence-corrected chi connectivity index (χ4v) is 2.27. The zero-order chi connectivity index (χ0) is 10.5. The molecule has 0 aliphatic carbocycles. The van der Waals surface area contributed by atoms with E-state index in [2.05, 4.69) is 23.2 Å². The van der Waals surface area contributed by atoms with Gasteiger partial charge in [0, 0.05) is 6.04 Å². The highest BCUT2D eigenvalue weighted by Crippen LogP contribution is 2.15. The van der Waals surface area contributed by atoms with Crippen LogP contribution in [0.2, 0.25) is 0 Å². The fraction of sp³-hybridized carbons (Fsp3) is 0.667. The predicted molar refractivity (Wildman–Crippen MR) is 60.7 cm³/mol. The molecule has 0 unspecified atom stereocenters. The van der Waals surface area contributed by atoms with Gasteiger partial charge in [-0.25, -0.2) is 0 Å². The lowest BCUT2D eigenvalue weighted by atomic mass is 10.0. The van der Waals surface area contributed by atoms with Crippen molar-refractivity contribution < 1.29 is 4.42 Å². The van der Waals surface area contributed by atoms with Gasteiger partial charge in [0.1, 0.15) is 5.76 Å². The first-order valence-electron chi connectivity index (χ1n) is 5.87. The Morgan fingerprint density at radius 3 is 2.87 bits per heavy atom. The summed E-state index contributed by atoms with van der Waals surface area (Å²) in [5.41, 5.74) is 0. The lowest BCUT2D eigenvalue weighted by molar-refractivity contribution is 0.151. The molecule has 15 heavy (non-hydrogen) atoms. The molecule has 1 aliphatic rings. The molecular weight excluding hydrogens is 188 g/mol. The molecule has 84 valence electrons. The summed E-state index contributed by atoms with van der Waals surface area (Å²) in [4.78, 5) is 2.51. The Morgan fingerprint density at radius 1 is 1.47 bits per heavy atom. The molecule has 0 amide bonds. The van der Waals surface area contributed by atoms with Crippen molar-refractivity contribution in [1.29, 1.82) is 0 Å². The average Bonchev–Trinajstić information content (AvgIpc) is 2.80. The Kier molecular flexibility index (Phi) is 3.80. The van der Waals surface area contributed by atoms with Gasteiger partial charge in [-0.1, -0.05) is 6.92 Å². The Bertz CT molecular complexity index is 265. The maximum absolute atomic E-state index is 5.40. The topological polar surface area (TPSA) is 28.4 Å². The molecule has 1 aromatic rings. The van der Waals surface area contributed by atoms with Crippen LogP contribution < -0.4 is 5.32 Å². The van der Waals surface area contributed by atoms with E-state index in [0.29, 0.717) is 0 Å². The van der Waals surface area contributed by atoms with Gasteiger partial charge in [-0.15, -0.1) is 0 Å². The first-order valence-corrected chi connectivity index (χ1v) is 5.87. The second kappa shape index (κ2) is 5.33. The van der Waals surface area contributed by atoms with E-state index in [1.54, 1.807) is 6.26 Å². The summed E-state index contributed by atoms with van der Waals surface area (Å²) < 4.78 is 5.40. The standard InChI is InChI=1S/C12H20N2O/c1-2-14(10-12-4-3-9-15-12)11-5-7-13-8-6-11/h3-4,9,11,13H,2,5-8,10H2,1H3. The molecule has 0 bridgehead atoms. The summed E-state index contributed by atoms with van der Waals surface area (Å²) in [6.07, 6.45) is 4.27. The van der Waals surface area contributed by atoms with Crippen LogP contribution in [0.15, 0.2) is 22.8 Å². The van der Waals surface area contributed by atoms with Crippen LogP contribution in [-0.2, 0) is 6.54 Å². The van der Waals surface area contributed by atoms with E-state index in [4.69, 9.17) is 4.42 Å². The van der Waals surface area contributed by atoms with Crippen molar-refractivity contribution in [3.8, 4) is 0 Å². The summed E-state index contributed by atoms with van der Waals surface area (Å²) in [6.45, 7) is 6.59. The van der Waals surface area contributed by atoms with Crippen LogP contribution in [0, 0.1) is 0 Å². The second-order valence-corrected chi connectivity index (χ2v) is 4.12. The summed E-state index contributed by atoms with van der Waals surface area (Å²) >= 11 is 0. The Morgan fingerprint density at radius 2 is 2.27 bits per heavy atom. The van der Waals surface area contributed by atoms with Gasteiger partial charge in [-0.2, -0.15) is 0 Å². The fourth-order valence-electron chi connectivity index (χ4n) is 2.27. The lowest BCUT2D eigenvalue weighted by Crippen LogP contribution is -2.42. The van der Waals surface area contributed by atoms with Crippen LogP contribution in [0.4, 0.5) is 0 Å². The van der Waals surface area contributed by atoms with Gasteiger partial charge in [-0.05, 0) is 44.6 Å². The molecule has 0 spiro atoms. The van der Waals surface area contributed by atoms with E-state index < -0.39 is 0 Å². The van der Waals surface area contributed by atoms with Crippen molar-refractivity contribution in [2.75, 3.05) is 19.6 Å². The van der Waals surface area contributed by atoms with Crippen molar-refractivity contribution in [2.24, 2.45) is 0 Å².